The monoisotopic (exact) mass is 469 g/mol. The van der Waals surface area contributed by atoms with Gasteiger partial charge in [-0.3, -0.25) is 4.79 Å². The molecule has 1 aromatic heterocycles. The Labute approximate surface area is 195 Å². The molecule has 3 aliphatic heterocycles. The summed E-state index contributed by atoms with van der Waals surface area (Å²) in [5.41, 5.74) is -1.46. The van der Waals surface area contributed by atoms with Crippen molar-refractivity contribution >= 4 is 11.7 Å². The molecule has 5 rings (SSSR count). The first kappa shape index (κ1) is 22.3. The summed E-state index contributed by atoms with van der Waals surface area (Å²) in [5.74, 6) is -3.25. The normalized spacial score (nSPS) is 23.6. The van der Waals surface area contributed by atoms with Crippen molar-refractivity contribution in [3.63, 3.8) is 0 Å². The second kappa shape index (κ2) is 8.09. The van der Waals surface area contributed by atoms with Gasteiger partial charge in [0.1, 0.15) is 35.2 Å². The third-order valence-corrected chi connectivity index (χ3v) is 6.87. The number of halogens is 2. The summed E-state index contributed by atoms with van der Waals surface area (Å²) in [4.78, 5) is 21.6. The summed E-state index contributed by atoms with van der Waals surface area (Å²) in [6, 6.07) is 5.62. The number of nitrogens with one attached hydrogen (secondary N) is 1. The van der Waals surface area contributed by atoms with Gasteiger partial charge in [-0.05, 0) is 32.4 Å². The van der Waals surface area contributed by atoms with Crippen LogP contribution in [0.1, 0.15) is 30.6 Å². The number of ether oxygens (including phenoxy) is 1. The van der Waals surface area contributed by atoms with Crippen LogP contribution in [0.5, 0.6) is 11.5 Å². The Morgan fingerprint density at radius 3 is 2.82 bits per heavy atom. The van der Waals surface area contributed by atoms with Crippen LogP contribution in [-0.4, -0.2) is 65.3 Å². The number of nitriles is 1. The highest BCUT2D eigenvalue weighted by Crippen LogP contribution is 2.45. The molecule has 0 aliphatic carbocycles. The summed E-state index contributed by atoms with van der Waals surface area (Å²) in [6.07, 6.45) is 0.517. The molecule has 10 heteroatoms. The Morgan fingerprint density at radius 2 is 2.12 bits per heavy atom. The van der Waals surface area contributed by atoms with E-state index in [4.69, 9.17) is 4.74 Å². The fourth-order valence-electron chi connectivity index (χ4n) is 5.17. The molecule has 2 atom stereocenters. The van der Waals surface area contributed by atoms with Gasteiger partial charge in [-0.1, -0.05) is 6.07 Å². The van der Waals surface area contributed by atoms with E-state index in [1.165, 1.54) is 12.1 Å². The molecule has 4 heterocycles. The number of benzene rings is 1. The Kier molecular flexibility index (Phi) is 5.32. The molecule has 34 heavy (non-hydrogen) atoms. The molecule has 0 saturated carbocycles. The first-order chi connectivity index (χ1) is 16.2. The van der Waals surface area contributed by atoms with Gasteiger partial charge in [0.05, 0.1) is 23.6 Å². The van der Waals surface area contributed by atoms with Crippen LogP contribution < -0.4 is 15.0 Å². The van der Waals surface area contributed by atoms with Crippen molar-refractivity contribution in [2.24, 2.45) is 5.92 Å². The number of fused-ring (bicyclic) bond motifs is 2. The molecular weight excluding hydrogens is 444 g/mol. The standard InChI is InChI=1S/C24H25F2N5O3/c1-24(2)8-13(9-27)11-31(24)22-18-21(34-12-14-10-28-6-7-30(14)23(18)33)19(26)20(29-22)17-15(25)4-3-5-16(17)32/h3-5,13-14,28,32H,6-8,10-12H2,1-2H3/t13?,14-/m1/s1. The van der Waals surface area contributed by atoms with Crippen LogP contribution in [0.4, 0.5) is 14.6 Å². The summed E-state index contributed by atoms with van der Waals surface area (Å²) in [6.45, 7) is 5.67. The molecular formula is C24H25F2N5O3. The van der Waals surface area contributed by atoms with Crippen LogP contribution in [-0.2, 0) is 0 Å². The van der Waals surface area contributed by atoms with Crippen molar-refractivity contribution in [2.45, 2.75) is 31.8 Å². The third kappa shape index (κ3) is 3.42. The van der Waals surface area contributed by atoms with E-state index >= 15 is 4.39 Å². The van der Waals surface area contributed by atoms with Gasteiger partial charge in [0.2, 0.25) is 0 Å². The van der Waals surface area contributed by atoms with Crippen molar-refractivity contribution in [2.75, 3.05) is 37.7 Å². The number of nitrogens with zero attached hydrogens (tertiary/aromatic N) is 4. The second-order valence-corrected chi connectivity index (χ2v) is 9.56. The van der Waals surface area contributed by atoms with Crippen LogP contribution in [0.25, 0.3) is 11.3 Å². The van der Waals surface area contributed by atoms with Crippen molar-refractivity contribution < 1.29 is 23.4 Å². The third-order valence-electron chi connectivity index (χ3n) is 6.87. The minimum atomic E-state index is -1.01. The number of aromatic nitrogens is 1. The summed E-state index contributed by atoms with van der Waals surface area (Å²) in [7, 11) is 0. The minimum absolute atomic E-state index is 0.0341. The van der Waals surface area contributed by atoms with Gasteiger partial charge >= 0.3 is 0 Å². The number of carbonyl (C=O) groups excluding carboxylic acids is 1. The maximum absolute atomic E-state index is 15.9. The lowest BCUT2D eigenvalue weighted by molar-refractivity contribution is 0.0606. The van der Waals surface area contributed by atoms with E-state index < -0.39 is 40.1 Å². The van der Waals surface area contributed by atoms with Crippen molar-refractivity contribution in [1.29, 1.82) is 5.26 Å². The fourth-order valence-corrected chi connectivity index (χ4v) is 5.17. The highest BCUT2D eigenvalue weighted by molar-refractivity contribution is 6.03. The zero-order valence-corrected chi connectivity index (χ0v) is 18.9. The van der Waals surface area contributed by atoms with Gasteiger partial charge in [0.15, 0.2) is 11.6 Å². The SMILES string of the molecule is CC1(C)CC(C#N)CN1c1nc(-c2c(O)cccc2F)c(F)c2c1C(=O)N1CCNC[C@@H]1CO2. The molecule has 0 spiro atoms. The molecule has 1 aromatic carbocycles. The van der Waals surface area contributed by atoms with E-state index in [0.29, 0.717) is 26.1 Å². The van der Waals surface area contributed by atoms with Crippen LogP contribution in [0, 0.1) is 28.9 Å². The van der Waals surface area contributed by atoms with Crippen LogP contribution in [0.2, 0.25) is 0 Å². The van der Waals surface area contributed by atoms with Gasteiger partial charge in [-0.25, -0.2) is 13.8 Å². The number of rotatable bonds is 2. The number of hydrogen-bond donors (Lipinski definition) is 2. The average molecular weight is 469 g/mol. The second-order valence-electron chi connectivity index (χ2n) is 9.56. The zero-order valence-electron chi connectivity index (χ0n) is 18.9. The number of piperazine rings is 1. The summed E-state index contributed by atoms with van der Waals surface area (Å²) < 4.78 is 36.6. The lowest BCUT2D eigenvalue weighted by Crippen LogP contribution is -2.55. The maximum Gasteiger partial charge on any atom is 0.261 e. The van der Waals surface area contributed by atoms with Crippen LogP contribution in [0.3, 0.4) is 0 Å². The number of anilines is 1. The van der Waals surface area contributed by atoms with Gasteiger partial charge < -0.3 is 25.0 Å². The zero-order chi connectivity index (χ0) is 24.2. The molecule has 8 nitrogen and oxygen atoms in total. The molecule has 0 radical (unpaired) electrons. The first-order valence-electron chi connectivity index (χ1n) is 11.3. The van der Waals surface area contributed by atoms with E-state index in [9.17, 15) is 19.6 Å². The Hall–Kier alpha value is -3.45. The average Bonchev–Trinajstić information content (AvgIpc) is 3.03. The lowest BCUT2D eigenvalue weighted by Gasteiger charge is -2.36. The maximum atomic E-state index is 15.9. The van der Waals surface area contributed by atoms with Gasteiger partial charge in [-0.2, -0.15) is 5.26 Å². The quantitative estimate of drug-likeness (QED) is 0.697. The highest BCUT2D eigenvalue weighted by Gasteiger charge is 2.45. The van der Waals surface area contributed by atoms with Crippen LogP contribution >= 0.6 is 0 Å². The molecule has 2 saturated heterocycles. The van der Waals surface area contributed by atoms with Crippen molar-refractivity contribution in [3.8, 4) is 28.8 Å². The molecule has 0 bridgehead atoms. The van der Waals surface area contributed by atoms with Gasteiger partial charge in [-0.15, -0.1) is 0 Å². The van der Waals surface area contributed by atoms with Crippen LogP contribution in [0.15, 0.2) is 18.2 Å². The van der Waals surface area contributed by atoms with Gasteiger partial charge in [0, 0.05) is 31.7 Å². The molecule has 2 N–H and O–H groups in total. The molecule has 2 aromatic rings. The number of carbonyl (C=O) groups is 1. The lowest BCUT2D eigenvalue weighted by atomic mass is 9.97. The van der Waals surface area contributed by atoms with Crippen molar-refractivity contribution in [3.05, 3.63) is 35.4 Å². The number of pyridine rings is 1. The Balaban J connectivity index is 1.78. The molecule has 3 aliphatic rings. The van der Waals surface area contributed by atoms with Crippen molar-refractivity contribution in [1.82, 2.24) is 15.2 Å². The highest BCUT2D eigenvalue weighted by atomic mass is 19.1. The predicted octanol–water partition coefficient (Wildman–Crippen LogP) is 2.67. The summed E-state index contributed by atoms with van der Waals surface area (Å²) >= 11 is 0. The fraction of sp³-hybridized carbons (Fsp3) is 0.458. The summed E-state index contributed by atoms with van der Waals surface area (Å²) in [5, 5.41) is 23.1. The van der Waals surface area contributed by atoms with E-state index in [-0.39, 0.29) is 42.2 Å². The van der Waals surface area contributed by atoms with E-state index in [2.05, 4.69) is 16.4 Å². The molecule has 178 valence electrons. The minimum Gasteiger partial charge on any atom is -0.507 e. The smallest absolute Gasteiger partial charge is 0.261 e. The van der Waals surface area contributed by atoms with E-state index in [1.54, 1.807) is 9.80 Å². The predicted molar refractivity (Wildman–Crippen MR) is 120 cm³/mol. The largest absolute Gasteiger partial charge is 0.507 e. The molecule has 1 unspecified atom stereocenters. The number of phenols is 1. The topological polar surface area (TPSA) is 102 Å². The Bertz CT molecular complexity index is 1190. The number of aromatic hydroxyl groups is 1. The van der Waals surface area contributed by atoms with Gasteiger partial charge in [0.25, 0.3) is 5.91 Å². The molecule has 2 fully saturated rings. The number of amides is 1. The Morgan fingerprint density at radius 1 is 1.32 bits per heavy atom. The molecule has 1 amide bonds. The first-order valence-corrected chi connectivity index (χ1v) is 11.3. The van der Waals surface area contributed by atoms with E-state index in [0.717, 1.165) is 6.07 Å². The number of phenolic OH excluding ortho intramolecular Hbond substituents is 1. The van der Waals surface area contributed by atoms with E-state index in [1.807, 2.05) is 13.8 Å². The number of hydrogen-bond acceptors (Lipinski definition) is 7.